The molecule has 2 aliphatic rings. The Balaban J connectivity index is 1.19. The summed E-state index contributed by atoms with van der Waals surface area (Å²) < 4.78 is 11.2. The molecule has 1 saturated carbocycles. The van der Waals surface area contributed by atoms with E-state index in [0.29, 0.717) is 12.2 Å². The maximum absolute atomic E-state index is 12.9. The first-order valence-corrected chi connectivity index (χ1v) is 15.6. The van der Waals surface area contributed by atoms with Crippen molar-refractivity contribution in [3.8, 4) is 11.5 Å². The maximum atomic E-state index is 12.9. The SMILES string of the molecule is O=C(NC1CCCCC1)c1csc(CN(CCC(c2ccccc2)c2ccccc2)Cc2ccc3c(c2)OCO3)n1. The lowest BCUT2D eigenvalue weighted by molar-refractivity contribution is 0.0923. The summed E-state index contributed by atoms with van der Waals surface area (Å²) in [4.78, 5) is 20.1. The molecular formula is C34H37N3O3S. The molecule has 1 N–H and O–H groups in total. The number of thiazole rings is 1. The van der Waals surface area contributed by atoms with Crippen LogP contribution in [-0.4, -0.2) is 35.2 Å². The van der Waals surface area contributed by atoms with E-state index in [0.717, 1.165) is 54.4 Å². The number of nitrogens with one attached hydrogen (secondary N) is 1. The highest BCUT2D eigenvalue weighted by Crippen LogP contribution is 2.34. The van der Waals surface area contributed by atoms with Gasteiger partial charge in [-0.15, -0.1) is 11.3 Å². The Labute approximate surface area is 246 Å². The number of carbonyl (C=O) groups excluding carboxylic acids is 1. The number of aromatic nitrogens is 1. The number of nitrogens with zero attached hydrogens (tertiary/aromatic N) is 2. The average molecular weight is 568 g/mol. The van der Waals surface area contributed by atoms with E-state index >= 15 is 0 Å². The fourth-order valence-electron chi connectivity index (χ4n) is 5.91. The van der Waals surface area contributed by atoms with Gasteiger partial charge in [0.05, 0.1) is 6.54 Å². The molecule has 6 nitrogen and oxygen atoms in total. The largest absolute Gasteiger partial charge is 0.454 e. The van der Waals surface area contributed by atoms with Crippen molar-refractivity contribution >= 4 is 17.2 Å². The summed E-state index contributed by atoms with van der Waals surface area (Å²) in [5, 5.41) is 6.07. The Morgan fingerprint density at radius 1 is 0.902 bits per heavy atom. The molecule has 6 rings (SSSR count). The standard InChI is InChI=1S/C34H37N3O3S/c38-34(35-28-14-8-3-9-15-28)30-23-41-33(36-30)22-37(21-25-16-17-31-32(20-25)40-24-39-31)19-18-29(26-10-4-1-5-11-26)27-12-6-2-7-13-27/h1-2,4-7,10-13,16-17,20,23,28-29H,3,8-9,14-15,18-19,21-22,24H2,(H,35,38). The van der Waals surface area contributed by atoms with E-state index in [-0.39, 0.29) is 24.7 Å². The number of carbonyl (C=O) groups is 1. The number of ether oxygens (including phenoxy) is 2. The molecule has 0 spiro atoms. The molecule has 0 radical (unpaired) electrons. The van der Waals surface area contributed by atoms with E-state index in [1.54, 1.807) is 11.3 Å². The topological polar surface area (TPSA) is 63.7 Å². The van der Waals surface area contributed by atoms with E-state index in [9.17, 15) is 4.79 Å². The second kappa shape index (κ2) is 13.3. The summed E-state index contributed by atoms with van der Waals surface area (Å²) >= 11 is 1.57. The second-order valence-corrected chi connectivity index (χ2v) is 11.9. The van der Waals surface area contributed by atoms with Crippen molar-refractivity contribution in [2.45, 2.75) is 63.6 Å². The Bertz CT molecular complexity index is 1380. The zero-order valence-electron chi connectivity index (χ0n) is 23.3. The minimum atomic E-state index is -0.0464. The number of hydrogen-bond acceptors (Lipinski definition) is 6. The lowest BCUT2D eigenvalue weighted by atomic mass is 9.88. The van der Waals surface area contributed by atoms with Gasteiger partial charge in [0.15, 0.2) is 11.5 Å². The van der Waals surface area contributed by atoms with Crippen LogP contribution in [-0.2, 0) is 13.1 Å². The normalized spacial score (nSPS) is 15.0. The van der Waals surface area contributed by atoms with Crippen molar-refractivity contribution in [3.63, 3.8) is 0 Å². The maximum Gasteiger partial charge on any atom is 0.270 e. The molecule has 1 amide bonds. The van der Waals surface area contributed by atoms with Crippen LogP contribution in [0.5, 0.6) is 11.5 Å². The molecule has 0 saturated heterocycles. The molecule has 212 valence electrons. The molecule has 0 bridgehead atoms. The molecule has 4 aromatic rings. The van der Waals surface area contributed by atoms with Crippen LogP contribution in [0.2, 0.25) is 0 Å². The predicted octanol–water partition coefficient (Wildman–Crippen LogP) is 7.16. The zero-order chi connectivity index (χ0) is 27.9. The monoisotopic (exact) mass is 567 g/mol. The van der Waals surface area contributed by atoms with Gasteiger partial charge in [-0.2, -0.15) is 0 Å². The van der Waals surface area contributed by atoms with Crippen molar-refractivity contribution in [1.29, 1.82) is 0 Å². The lowest BCUT2D eigenvalue weighted by Gasteiger charge is -2.25. The van der Waals surface area contributed by atoms with Gasteiger partial charge in [0.1, 0.15) is 10.7 Å². The van der Waals surface area contributed by atoms with Gasteiger partial charge >= 0.3 is 0 Å². The Morgan fingerprint density at radius 2 is 1.61 bits per heavy atom. The molecule has 3 aromatic carbocycles. The number of benzene rings is 3. The van der Waals surface area contributed by atoms with Crippen molar-refractivity contribution in [1.82, 2.24) is 15.2 Å². The summed E-state index contributed by atoms with van der Waals surface area (Å²) in [7, 11) is 0. The van der Waals surface area contributed by atoms with Gasteiger partial charge in [-0.25, -0.2) is 4.98 Å². The highest BCUT2D eigenvalue weighted by molar-refractivity contribution is 7.09. The second-order valence-electron chi connectivity index (χ2n) is 11.0. The Morgan fingerprint density at radius 3 is 2.34 bits per heavy atom. The van der Waals surface area contributed by atoms with E-state index < -0.39 is 0 Å². The quantitative estimate of drug-likeness (QED) is 0.208. The van der Waals surface area contributed by atoms with E-state index in [2.05, 4.69) is 83.0 Å². The van der Waals surface area contributed by atoms with E-state index in [1.807, 2.05) is 11.4 Å². The molecule has 0 unspecified atom stereocenters. The van der Waals surface area contributed by atoms with Crippen LogP contribution in [0.1, 0.15) is 76.6 Å². The highest BCUT2D eigenvalue weighted by Gasteiger charge is 2.21. The summed E-state index contributed by atoms with van der Waals surface area (Å²) in [5.41, 5.74) is 4.33. The van der Waals surface area contributed by atoms with Crippen LogP contribution in [0.15, 0.2) is 84.2 Å². The van der Waals surface area contributed by atoms with Gasteiger partial charge in [0.25, 0.3) is 5.91 Å². The smallest absolute Gasteiger partial charge is 0.270 e. The van der Waals surface area contributed by atoms with Gasteiger partial charge < -0.3 is 14.8 Å². The molecule has 1 aliphatic heterocycles. The highest BCUT2D eigenvalue weighted by atomic mass is 32.1. The fraction of sp³-hybridized carbons (Fsp3) is 0.353. The third-order valence-electron chi connectivity index (χ3n) is 8.06. The Hall–Kier alpha value is -3.68. The first-order chi connectivity index (χ1) is 20.2. The summed E-state index contributed by atoms with van der Waals surface area (Å²) in [6.07, 6.45) is 6.73. The van der Waals surface area contributed by atoms with Gasteiger partial charge in [-0.05, 0) is 54.6 Å². The van der Waals surface area contributed by atoms with Crippen molar-refractivity contribution < 1.29 is 14.3 Å². The summed E-state index contributed by atoms with van der Waals surface area (Å²) in [5.74, 6) is 1.83. The number of amides is 1. The average Bonchev–Trinajstić information content (AvgIpc) is 3.68. The third kappa shape index (κ3) is 7.16. The fourth-order valence-corrected chi connectivity index (χ4v) is 6.72. The number of hydrogen-bond donors (Lipinski definition) is 1. The van der Waals surface area contributed by atoms with Crippen LogP contribution in [0, 0.1) is 0 Å². The number of fused-ring (bicyclic) bond motifs is 1. The minimum absolute atomic E-state index is 0.0464. The van der Waals surface area contributed by atoms with Crippen LogP contribution in [0.3, 0.4) is 0 Å². The molecular weight excluding hydrogens is 530 g/mol. The zero-order valence-corrected chi connectivity index (χ0v) is 24.2. The number of rotatable bonds is 11. The van der Waals surface area contributed by atoms with Gasteiger partial charge in [0.2, 0.25) is 6.79 Å². The van der Waals surface area contributed by atoms with Crippen LogP contribution in [0.4, 0.5) is 0 Å². The predicted molar refractivity (Wildman–Crippen MR) is 162 cm³/mol. The molecule has 1 aromatic heterocycles. The van der Waals surface area contributed by atoms with Crippen LogP contribution < -0.4 is 14.8 Å². The molecule has 1 fully saturated rings. The van der Waals surface area contributed by atoms with Gasteiger partial charge in [-0.3, -0.25) is 9.69 Å². The molecule has 1 aliphatic carbocycles. The first-order valence-electron chi connectivity index (χ1n) is 14.7. The van der Waals surface area contributed by atoms with Crippen LogP contribution in [0.25, 0.3) is 0 Å². The van der Waals surface area contributed by atoms with E-state index in [4.69, 9.17) is 14.5 Å². The van der Waals surface area contributed by atoms with Crippen molar-refractivity contribution in [3.05, 3.63) is 112 Å². The third-order valence-corrected chi connectivity index (χ3v) is 8.90. The van der Waals surface area contributed by atoms with Crippen molar-refractivity contribution in [2.24, 2.45) is 0 Å². The molecule has 41 heavy (non-hydrogen) atoms. The minimum Gasteiger partial charge on any atom is -0.454 e. The Kier molecular flexibility index (Phi) is 8.93. The molecule has 2 heterocycles. The van der Waals surface area contributed by atoms with Gasteiger partial charge in [-0.1, -0.05) is 86.0 Å². The lowest BCUT2D eigenvalue weighted by Crippen LogP contribution is -2.36. The van der Waals surface area contributed by atoms with Crippen LogP contribution >= 0.6 is 11.3 Å². The molecule has 7 heteroatoms. The van der Waals surface area contributed by atoms with Crippen molar-refractivity contribution in [2.75, 3.05) is 13.3 Å². The molecule has 0 atom stereocenters. The van der Waals surface area contributed by atoms with Gasteiger partial charge in [0, 0.05) is 23.9 Å². The summed E-state index contributed by atoms with van der Waals surface area (Å²) in [6, 6.07) is 27.9. The first kappa shape index (κ1) is 27.5. The summed E-state index contributed by atoms with van der Waals surface area (Å²) in [6.45, 7) is 2.55. The van der Waals surface area contributed by atoms with E-state index in [1.165, 1.54) is 30.4 Å².